The molecular formula is C14H20N2O3S. The Morgan fingerprint density at radius 1 is 1.35 bits per heavy atom. The zero-order chi connectivity index (χ0) is 15.0. The number of carbonyl (C=O) groups is 2. The van der Waals surface area contributed by atoms with Crippen LogP contribution in [0.15, 0.2) is 30.3 Å². The van der Waals surface area contributed by atoms with Gasteiger partial charge in [-0.3, -0.25) is 9.69 Å². The average molecular weight is 296 g/mol. The van der Waals surface area contributed by atoms with Crippen LogP contribution in [0.25, 0.3) is 0 Å². The Balaban J connectivity index is 2.73. The van der Waals surface area contributed by atoms with E-state index in [4.69, 9.17) is 5.11 Å². The third kappa shape index (κ3) is 5.52. The Morgan fingerprint density at radius 3 is 2.55 bits per heavy atom. The van der Waals surface area contributed by atoms with E-state index in [1.165, 1.54) is 4.90 Å². The van der Waals surface area contributed by atoms with Crippen molar-refractivity contribution in [3.63, 3.8) is 0 Å². The Kier molecular flexibility index (Phi) is 6.93. The summed E-state index contributed by atoms with van der Waals surface area (Å²) in [6.07, 6.45) is 0. The highest BCUT2D eigenvalue weighted by atomic mass is 32.2. The molecule has 0 aliphatic carbocycles. The summed E-state index contributed by atoms with van der Waals surface area (Å²) < 4.78 is 0. The topological polar surface area (TPSA) is 69.6 Å². The minimum absolute atomic E-state index is 0.00698. The first-order valence-electron chi connectivity index (χ1n) is 6.47. The van der Waals surface area contributed by atoms with Gasteiger partial charge in [-0.05, 0) is 24.8 Å². The SMILES string of the molecule is CCSCC(C)NC(=O)N(CC(=O)O)c1ccccc1. The molecule has 1 rings (SSSR count). The molecule has 2 N–H and O–H groups in total. The highest BCUT2D eigenvalue weighted by molar-refractivity contribution is 7.99. The summed E-state index contributed by atoms with van der Waals surface area (Å²) in [5, 5.41) is 11.8. The van der Waals surface area contributed by atoms with Crippen molar-refractivity contribution in [1.82, 2.24) is 5.32 Å². The van der Waals surface area contributed by atoms with Crippen molar-refractivity contribution in [3.05, 3.63) is 30.3 Å². The van der Waals surface area contributed by atoms with Gasteiger partial charge in [0.2, 0.25) is 0 Å². The molecule has 1 aromatic carbocycles. The van der Waals surface area contributed by atoms with Crippen molar-refractivity contribution in [3.8, 4) is 0 Å². The fraction of sp³-hybridized carbons (Fsp3) is 0.429. The second-order valence-electron chi connectivity index (χ2n) is 4.33. The van der Waals surface area contributed by atoms with Crippen LogP contribution in [0.2, 0.25) is 0 Å². The number of thioether (sulfide) groups is 1. The third-order valence-corrected chi connectivity index (χ3v) is 3.69. The fourth-order valence-electron chi connectivity index (χ4n) is 1.65. The van der Waals surface area contributed by atoms with Crippen molar-refractivity contribution in [1.29, 1.82) is 0 Å². The summed E-state index contributed by atoms with van der Waals surface area (Å²) in [5.74, 6) is 0.745. The lowest BCUT2D eigenvalue weighted by Crippen LogP contribution is -2.46. The summed E-state index contributed by atoms with van der Waals surface area (Å²) in [6.45, 7) is 3.61. The molecule has 0 aliphatic rings. The number of carboxylic acids is 1. The van der Waals surface area contributed by atoms with Gasteiger partial charge in [-0.1, -0.05) is 25.1 Å². The lowest BCUT2D eigenvalue weighted by molar-refractivity contribution is -0.135. The molecule has 5 nitrogen and oxygen atoms in total. The highest BCUT2D eigenvalue weighted by Gasteiger charge is 2.19. The number of hydrogen-bond acceptors (Lipinski definition) is 3. The lowest BCUT2D eigenvalue weighted by atomic mass is 10.3. The third-order valence-electron chi connectivity index (χ3n) is 2.55. The van der Waals surface area contributed by atoms with Crippen molar-refractivity contribution in [2.75, 3.05) is 23.0 Å². The quantitative estimate of drug-likeness (QED) is 0.811. The molecule has 1 unspecified atom stereocenters. The number of carboxylic acid groups (broad SMARTS) is 1. The van der Waals surface area contributed by atoms with Gasteiger partial charge in [-0.15, -0.1) is 0 Å². The van der Waals surface area contributed by atoms with Gasteiger partial charge in [0.1, 0.15) is 6.54 Å². The van der Waals surface area contributed by atoms with E-state index < -0.39 is 5.97 Å². The van der Waals surface area contributed by atoms with Crippen LogP contribution in [0.4, 0.5) is 10.5 Å². The van der Waals surface area contributed by atoms with Crippen LogP contribution in [-0.2, 0) is 4.79 Å². The van der Waals surface area contributed by atoms with Crippen molar-refractivity contribution in [2.45, 2.75) is 19.9 Å². The van der Waals surface area contributed by atoms with Gasteiger partial charge in [0.15, 0.2) is 0 Å². The first kappa shape index (κ1) is 16.4. The smallest absolute Gasteiger partial charge is 0.323 e. The molecular weight excluding hydrogens is 276 g/mol. The Labute approximate surface area is 123 Å². The zero-order valence-corrected chi connectivity index (χ0v) is 12.5. The number of carbonyl (C=O) groups excluding carboxylic acids is 1. The van der Waals surface area contributed by atoms with E-state index in [9.17, 15) is 9.59 Å². The number of rotatable bonds is 7. The number of amides is 2. The number of hydrogen-bond donors (Lipinski definition) is 2. The maximum absolute atomic E-state index is 12.2. The van der Waals surface area contributed by atoms with Crippen LogP contribution in [0.3, 0.4) is 0 Å². The second-order valence-corrected chi connectivity index (χ2v) is 5.64. The molecule has 110 valence electrons. The predicted molar refractivity (Wildman–Crippen MR) is 82.4 cm³/mol. The molecule has 0 aliphatic heterocycles. The van der Waals surface area contributed by atoms with E-state index in [1.54, 1.807) is 36.0 Å². The molecule has 1 aromatic rings. The van der Waals surface area contributed by atoms with Gasteiger partial charge in [-0.2, -0.15) is 11.8 Å². The van der Waals surface area contributed by atoms with E-state index in [-0.39, 0.29) is 18.6 Å². The van der Waals surface area contributed by atoms with E-state index in [2.05, 4.69) is 12.2 Å². The minimum Gasteiger partial charge on any atom is -0.480 e. The van der Waals surface area contributed by atoms with Crippen LogP contribution in [-0.4, -0.2) is 41.2 Å². The molecule has 0 saturated heterocycles. The van der Waals surface area contributed by atoms with Gasteiger partial charge in [0.25, 0.3) is 0 Å². The summed E-state index contributed by atoms with van der Waals surface area (Å²) in [5.41, 5.74) is 0.572. The molecule has 6 heteroatoms. The van der Waals surface area contributed by atoms with Gasteiger partial charge in [0, 0.05) is 17.5 Å². The van der Waals surface area contributed by atoms with E-state index in [0.29, 0.717) is 5.69 Å². The summed E-state index contributed by atoms with van der Waals surface area (Å²) in [6, 6.07) is 8.40. The second kappa shape index (κ2) is 8.47. The largest absolute Gasteiger partial charge is 0.480 e. The van der Waals surface area contributed by atoms with Gasteiger partial charge >= 0.3 is 12.0 Å². The molecule has 0 bridgehead atoms. The number of aliphatic carboxylic acids is 1. The maximum atomic E-state index is 12.2. The molecule has 0 saturated carbocycles. The fourth-order valence-corrected chi connectivity index (χ4v) is 2.32. The van der Waals surface area contributed by atoms with Crippen LogP contribution < -0.4 is 10.2 Å². The summed E-state index contributed by atoms with van der Waals surface area (Å²) >= 11 is 1.73. The van der Waals surface area contributed by atoms with Crippen LogP contribution in [0, 0.1) is 0 Å². The Morgan fingerprint density at radius 2 is 2.00 bits per heavy atom. The number of nitrogens with one attached hydrogen (secondary N) is 1. The standard InChI is InChI=1S/C14H20N2O3S/c1-3-20-10-11(2)15-14(19)16(9-13(17)18)12-7-5-4-6-8-12/h4-8,11H,3,9-10H2,1-2H3,(H,15,19)(H,17,18). The number of nitrogens with zero attached hydrogens (tertiary/aromatic N) is 1. The predicted octanol–water partition coefficient (Wildman–Crippen LogP) is 2.43. The van der Waals surface area contributed by atoms with Gasteiger partial charge in [-0.25, -0.2) is 4.79 Å². The molecule has 0 fully saturated rings. The zero-order valence-electron chi connectivity index (χ0n) is 11.7. The Bertz CT molecular complexity index is 439. The van der Waals surface area contributed by atoms with Gasteiger partial charge in [0.05, 0.1) is 0 Å². The number of benzene rings is 1. The van der Waals surface area contributed by atoms with E-state index in [0.717, 1.165) is 11.5 Å². The molecule has 1 atom stereocenters. The van der Waals surface area contributed by atoms with Crippen molar-refractivity contribution < 1.29 is 14.7 Å². The summed E-state index contributed by atoms with van der Waals surface area (Å²) in [4.78, 5) is 24.3. The average Bonchev–Trinajstić information content (AvgIpc) is 2.43. The van der Waals surface area contributed by atoms with Crippen LogP contribution in [0.5, 0.6) is 0 Å². The normalized spacial score (nSPS) is 11.7. The molecule has 0 aromatic heterocycles. The molecule has 2 amide bonds. The number of anilines is 1. The number of para-hydroxylation sites is 1. The highest BCUT2D eigenvalue weighted by Crippen LogP contribution is 2.13. The lowest BCUT2D eigenvalue weighted by Gasteiger charge is -2.23. The monoisotopic (exact) mass is 296 g/mol. The maximum Gasteiger partial charge on any atom is 0.323 e. The first-order valence-corrected chi connectivity index (χ1v) is 7.62. The van der Waals surface area contributed by atoms with E-state index >= 15 is 0 Å². The molecule has 0 spiro atoms. The van der Waals surface area contributed by atoms with Crippen LogP contribution in [0.1, 0.15) is 13.8 Å². The Hall–Kier alpha value is -1.69. The number of urea groups is 1. The molecule has 0 heterocycles. The van der Waals surface area contributed by atoms with Gasteiger partial charge < -0.3 is 10.4 Å². The molecule has 20 heavy (non-hydrogen) atoms. The summed E-state index contributed by atoms with van der Waals surface area (Å²) in [7, 11) is 0. The van der Waals surface area contributed by atoms with Crippen LogP contribution >= 0.6 is 11.8 Å². The van der Waals surface area contributed by atoms with Crippen molar-refractivity contribution in [2.24, 2.45) is 0 Å². The molecule has 0 radical (unpaired) electrons. The minimum atomic E-state index is -1.04. The van der Waals surface area contributed by atoms with Crippen molar-refractivity contribution >= 4 is 29.4 Å². The van der Waals surface area contributed by atoms with E-state index in [1.807, 2.05) is 13.0 Å². The first-order chi connectivity index (χ1) is 9.54.